The monoisotopic (exact) mass is 238 g/mol. The molecule has 0 aromatic carbocycles. The fraction of sp³-hybridized carbons (Fsp3) is 0.375. The average Bonchev–Trinajstić information content (AvgIpc) is 2.66. The van der Waals surface area contributed by atoms with Crippen LogP contribution in [0.25, 0.3) is 10.4 Å². The third-order valence-corrected chi connectivity index (χ3v) is 2.08. The fourth-order valence-corrected chi connectivity index (χ4v) is 1.27. The van der Waals surface area contributed by atoms with Gasteiger partial charge in [0.2, 0.25) is 0 Å². The van der Waals surface area contributed by atoms with E-state index in [-0.39, 0.29) is 24.6 Å². The molecule has 9 nitrogen and oxygen atoms in total. The molecular formula is C8H10N6O3. The molecule has 0 spiro atoms. The maximum atomic E-state index is 11.6. The smallest absolute Gasteiger partial charge is 0.323 e. The van der Waals surface area contributed by atoms with Crippen LogP contribution < -0.4 is 5.32 Å². The number of nitrogens with one attached hydrogen (secondary N) is 1. The van der Waals surface area contributed by atoms with Crippen molar-refractivity contribution >= 4 is 11.7 Å². The van der Waals surface area contributed by atoms with Gasteiger partial charge in [-0.3, -0.25) is 4.79 Å². The molecule has 1 aromatic rings. The van der Waals surface area contributed by atoms with Gasteiger partial charge in [-0.05, 0) is 16.5 Å². The van der Waals surface area contributed by atoms with Gasteiger partial charge in [0, 0.05) is 24.1 Å². The van der Waals surface area contributed by atoms with E-state index in [2.05, 4.69) is 15.3 Å². The number of amides is 1. The highest BCUT2D eigenvalue weighted by Crippen LogP contribution is 2.14. The standard InChI is InChI=1S/C8H10N6O3/c1-13-6(2-3-7(13)14(16)17)8(15)10-4-5-11-12-9/h2-3H,4-5H2,1H3,(H,10,15). The van der Waals surface area contributed by atoms with E-state index < -0.39 is 10.8 Å². The summed E-state index contributed by atoms with van der Waals surface area (Å²) >= 11 is 0. The summed E-state index contributed by atoms with van der Waals surface area (Å²) in [6.07, 6.45) is 0. The summed E-state index contributed by atoms with van der Waals surface area (Å²) in [4.78, 5) is 24.1. The van der Waals surface area contributed by atoms with Crippen LogP contribution in [0.2, 0.25) is 0 Å². The number of carbonyl (C=O) groups is 1. The molecule has 0 bridgehead atoms. The summed E-state index contributed by atoms with van der Waals surface area (Å²) in [6, 6.07) is 2.61. The minimum atomic E-state index is -0.573. The van der Waals surface area contributed by atoms with Crippen molar-refractivity contribution in [2.24, 2.45) is 12.2 Å². The van der Waals surface area contributed by atoms with Gasteiger partial charge >= 0.3 is 5.82 Å². The Morgan fingerprint density at radius 2 is 2.41 bits per heavy atom. The van der Waals surface area contributed by atoms with Gasteiger partial charge in [-0.1, -0.05) is 5.11 Å². The lowest BCUT2D eigenvalue weighted by Crippen LogP contribution is -2.27. The van der Waals surface area contributed by atoms with Crippen LogP contribution in [0.4, 0.5) is 5.82 Å². The second-order valence-electron chi connectivity index (χ2n) is 3.10. The second-order valence-corrected chi connectivity index (χ2v) is 3.10. The third kappa shape index (κ3) is 2.95. The normalized spacial score (nSPS) is 9.47. The first-order valence-electron chi connectivity index (χ1n) is 4.67. The van der Waals surface area contributed by atoms with E-state index in [9.17, 15) is 14.9 Å². The quantitative estimate of drug-likeness (QED) is 0.205. The van der Waals surface area contributed by atoms with E-state index in [1.54, 1.807) is 0 Å². The van der Waals surface area contributed by atoms with E-state index in [0.717, 1.165) is 0 Å². The first-order chi connectivity index (χ1) is 8.07. The van der Waals surface area contributed by atoms with E-state index in [4.69, 9.17) is 5.53 Å². The highest BCUT2D eigenvalue weighted by molar-refractivity contribution is 5.93. The van der Waals surface area contributed by atoms with Crippen molar-refractivity contribution in [2.75, 3.05) is 13.1 Å². The third-order valence-electron chi connectivity index (χ3n) is 2.08. The molecule has 17 heavy (non-hydrogen) atoms. The topological polar surface area (TPSA) is 126 Å². The molecule has 0 saturated heterocycles. The lowest BCUT2D eigenvalue weighted by molar-refractivity contribution is -0.391. The van der Waals surface area contributed by atoms with E-state index in [1.807, 2.05) is 0 Å². The Labute approximate surface area is 95.8 Å². The summed E-state index contributed by atoms with van der Waals surface area (Å²) in [5.41, 5.74) is 8.20. The zero-order valence-electron chi connectivity index (χ0n) is 9.03. The van der Waals surface area contributed by atoms with Crippen molar-refractivity contribution in [3.8, 4) is 0 Å². The van der Waals surface area contributed by atoms with Gasteiger partial charge in [0.15, 0.2) is 5.69 Å². The van der Waals surface area contributed by atoms with E-state index in [0.29, 0.717) is 0 Å². The predicted octanol–water partition coefficient (Wildman–Crippen LogP) is 0.973. The van der Waals surface area contributed by atoms with Gasteiger partial charge in [-0.2, -0.15) is 0 Å². The molecule has 0 aliphatic heterocycles. The molecule has 0 radical (unpaired) electrons. The maximum Gasteiger partial charge on any atom is 0.323 e. The molecule has 1 N–H and O–H groups in total. The number of hydrogen-bond donors (Lipinski definition) is 1. The first kappa shape index (κ1) is 12.5. The van der Waals surface area contributed by atoms with Crippen LogP contribution in [-0.4, -0.2) is 28.5 Å². The summed E-state index contributed by atoms with van der Waals surface area (Å²) in [5.74, 6) is -0.612. The first-order valence-corrected chi connectivity index (χ1v) is 4.67. The minimum Gasteiger partial charge on any atom is -0.358 e. The van der Waals surface area contributed by atoms with Gasteiger partial charge in [-0.15, -0.1) is 0 Å². The Hall–Kier alpha value is -2.54. The van der Waals surface area contributed by atoms with Gasteiger partial charge in [0.1, 0.15) is 0 Å². The van der Waals surface area contributed by atoms with Gasteiger partial charge in [0.05, 0.1) is 7.05 Å². The van der Waals surface area contributed by atoms with Crippen molar-refractivity contribution < 1.29 is 9.72 Å². The van der Waals surface area contributed by atoms with Crippen LogP contribution in [0.15, 0.2) is 17.2 Å². The molecule has 9 heteroatoms. The summed E-state index contributed by atoms with van der Waals surface area (Å²) in [7, 11) is 1.43. The zero-order valence-corrected chi connectivity index (χ0v) is 9.03. The highest BCUT2D eigenvalue weighted by Gasteiger charge is 2.19. The predicted molar refractivity (Wildman–Crippen MR) is 58.4 cm³/mol. The molecule has 0 fully saturated rings. The Morgan fingerprint density at radius 3 is 2.94 bits per heavy atom. The largest absolute Gasteiger partial charge is 0.358 e. The molecule has 1 aromatic heterocycles. The van der Waals surface area contributed by atoms with Crippen LogP contribution in [0.3, 0.4) is 0 Å². The number of carbonyl (C=O) groups excluding carboxylic acids is 1. The van der Waals surface area contributed by atoms with Gasteiger partial charge < -0.3 is 15.4 Å². The number of hydrogen-bond acceptors (Lipinski definition) is 4. The number of nitro groups is 1. The van der Waals surface area contributed by atoms with Crippen molar-refractivity contribution in [3.63, 3.8) is 0 Å². The summed E-state index contributed by atoms with van der Waals surface area (Å²) in [5, 5.41) is 16.3. The number of nitrogens with zero attached hydrogens (tertiary/aromatic N) is 5. The van der Waals surface area contributed by atoms with E-state index in [1.165, 1.54) is 23.7 Å². The Kier molecular flexibility index (Phi) is 4.07. The van der Waals surface area contributed by atoms with Crippen molar-refractivity contribution in [1.82, 2.24) is 9.88 Å². The minimum absolute atomic E-state index is 0.134. The lowest BCUT2D eigenvalue weighted by atomic mass is 10.4. The Morgan fingerprint density at radius 1 is 1.71 bits per heavy atom. The second kappa shape index (κ2) is 5.52. The molecule has 0 aliphatic rings. The van der Waals surface area contributed by atoms with Crippen LogP contribution in [0.1, 0.15) is 10.5 Å². The fourth-order valence-electron chi connectivity index (χ4n) is 1.27. The van der Waals surface area contributed by atoms with Gasteiger partial charge in [-0.25, -0.2) is 4.57 Å². The van der Waals surface area contributed by atoms with Crippen LogP contribution in [-0.2, 0) is 7.05 Å². The van der Waals surface area contributed by atoms with Crippen LogP contribution in [0, 0.1) is 10.1 Å². The molecule has 90 valence electrons. The summed E-state index contributed by atoms with van der Waals surface area (Å²) < 4.78 is 1.18. The highest BCUT2D eigenvalue weighted by atomic mass is 16.6. The average molecular weight is 238 g/mol. The molecule has 0 saturated carbocycles. The van der Waals surface area contributed by atoms with E-state index >= 15 is 0 Å². The maximum absolute atomic E-state index is 11.6. The molecule has 1 heterocycles. The molecule has 0 aliphatic carbocycles. The zero-order chi connectivity index (χ0) is 12.8. The molecular weight excluding hydrogens is 228 g/mol. The van der Waals surface area contributed by atoms with Crippen LogP contribution in [0.5, 0.6) is 0 Å². The number of azide groups is 1. The molecule has 1 rings (SSSR count). The number of aromatic nitrogens is 1. The molecule has 1 amide bonds. The van der Waals surface area contributed by atoms with Crippen molar-refractivity contribution in [2.45, 2.75) is 0 Å². The summed E-state index contributed by atoms with van der Waals surface area (Å²) in [6.45, 7) is 0.316. The van der Waals surface area contributed by atoms with Crippen molar-refractivity contribution in [3.05, 3.63) is 38.4 Å². The lowest BCUT2D eigenvalue weighted by Gasteiger charge is -2.01. The SMILES string of the molecule is Cn1c(C(=O)NCCN=[N+]=[N-])ccc1[N+](=O)[O-]. The van der Waals surface area contributed by atoms with Crippen molar-refractivity contribution in [1.29, 1.82) is 0 Å². The van der Waals surface area contributed by atoms with Gasteiger partial charge in [0.25, 0.3) is 5.91 Å². The van der Waals surface area contributed by atoms with Crippen LogP contribution >= 0.6 is 0 Å². The molecule has 0 unspecified atom stereocenters. The molecule has 0 atom stereocenters. The Bertz CT molecular complexity index is 487. The Balaban J connectivity index is 2.69. The number of rotatable bonds is 5.